The van der Waals surface area contributed by atoms with Gasteiger partial charge >= 0.3 is 0 Å². The van der Waals surface area contributed by atoms with Crippen LogP contribution in [0.15, 0.2) is 48.5 Å². The van der Waals surface area contributed by atoms with Crippen molar-refractivity contribution in [2.24, 2.45) is 0 Å². The van der Waals surface area contributed by atoms with Crippen LogP contribution >= 0.6 is 0 Å². The fraction of sp³-hybridized carbons (Fsp3) is 0.375. The smallest absolute Gasteiger partial charge is 0.254 e. The van der Waals surface area contributed by atoms with Gasteiger partial charge in [-0.1, -0.05) is 18.2 Å². The third kappa shape index (κ3) is 4.76. The quantitative estimate of drug-likeness (QED) is 0.591. The summed E-state index contributed by atoms with van der Waals surface area (Å²) < 4.78 is 7.49. The van der Waals surface area contributed by atoms with Gasteiger partial charge in [0.15, 0.2) is 0 Å². The van der Waals surface area contributed by atoms with Crippen LogP contribution in [-0.4, -0.2) is 71.2 Å². The number of carbonyl (C=O) groups excluding carboxylic acids is 1. The van der Waals surface area contributed by atoms with Crippen LogP contribution in [0.5, 0.6) is 0 Å². The van der Waals surface area contributed by atoms with Crippen LogP contribution in [0.25, 0.3) is 16.7 Å². The number of aromatic nitrogens is 2. The fourth-order valence-electron chi connectivity index (χ4n) is 4.01. The molecule has 1 aliphatic heterocycles. The van der Waals surface area contributed by atoms with E-state index >= 15 is 0 Å². The predicted molar refractivity (Wildman–Crippen MR) is 119 cm³/mol. The van der Waals surface area contributed by atoms with E-state index in [1.165, 1.54) is 0 Å². The highest BCUT2D eigenvalue weighted by Crippen LogP contribution is 2.23. The number of benzene rings is 2. The lowest BCUT2D eigenvalue weighted by Crippen LogP contribution is -2.43. The van der Waals surface area contributed by atoms with Crippen molar-refractivity contribution < 1.29 is 9.53 Å². The highest BCUT2D eigenvalue weighted by molar-refractivity contribution is 5.97. The first kappa shape index (κ1) is 21.0. The van der Waals surface area contributed by atoms with Crippen LogP contribution < -0.4 is 0 Å². The Labute approximate surface area is 182 Å². The molecule has 1 saturated heterocycles. The zero-order chi connectivity index (χ0) is 21.6. The lowest BCUT2D eigenvalue weighted by molar-refractivity contribution is 0.0326. The molecule has 1 aliphatic rings. The summed E-state index contributed by atoms with van der Waals surface area (Å²) in [6, 6.07) is 17.9. The van der Waals surface area contributed by atoms with Crippen molar-refractivity contribution in [2.45, 2.75) is 13.3 Å². The third-order valence-corrected chi connectivity index (χ3v) is 5.65. The van der Waals surface area contributed by atoms with Crippen molar-refractivity contribution in [2.75, 3.05) is 45.9 Å². The molecular formula is C24H27N5O2. The molecule has 1 fully saturated rings. The van der Waals surface area contributed by atoms with E-state index < -0.39 is 0 Å². The number of aryl methyl sites for hydroxylation is 1. The number of nitriles is 1. The van der Waals surface area contributed by atoms with E-state index in [9.17, 15) is 4.79 Å². The topological polar surface area (TPSA) is 74.4 Å². The summed E-state index contributed by atoms with van der Waals surface area (Å²) in [5.74, 6) is 0.816. The molecule has 0 saturated carbocycles. The maximum Gasteiger partial charge on any atom is 0.254 e. The molecule has 0 aliphatic carbocycles. The number of amides is 1. The minimum atomic E-state index is -0.0580. The SMILES string of the molecule is Cc1nc2cc(C(=O)N(CCC#N)CCN3CCOCC3)ccc2n1-c1ccccc1. The molecule has 0 N–H and O–H groups in total. The van der Waals surface area contributed by atoms with Gasteiger partial charge in [0.25, 0.3) is 5.91 Å². The zero-order valence-electron chi connectivity index (χ0n) is 17.8. The Kier molecular flexibility index (Phi) is 6.60. The Morgan fingerprint density at radius 2 is 1.94 bits per heavy atom. The number of nitrogens with zero attached hydrogens (tertiary/aromatic N) is 5. The van der Waals surface area contributed by atoms with Gasteiger partial charge in [-0.15, -0.1) is 0 Å². The number of ether oxygens (including phenoxy) is 1. The van der Waals surface area contributed by atoms with Gasteiger partial charge < -0.3 is 9.64 Å². The number of imidazole rings is 1. The van der Waals surface area contributed by atoms with Gasteiger partial charge in [0.1, 0.15) is 5.82 Å². The number of hydrogen-bond donors (Lipinski definition) is 0. The molecule has 0 spiro atoms. The van der Waals surface area contributed by atoms with Gasteiger partial charge in [0.05, 0.1) is 36.7 Å². The summed E-state index contributed by atoms with van der Waals surface area (Å²) in [6.45, 7) is 6.98. The molecule has 0 atom stereocenters. The summed E-state index contributed by atoms with van der Waals surface area (Å²) in [4.78, 5) is 22.0. The summed E-state index contributed by atoms with van der Waals surface area (Å²) in [6.07, 6.45) is 0.318. The largest absolute Gasteiger partial charge is 0.379 e. The van der Waals surface area contributed by atoms with E-state index in [1.54, 1.807) is 4.90 Å². The average Bonchev–Trinajstić information content (AvgIpc) is 3.14. The summed E-state index contributed by atoms with van der Waals surface area (Å²) >= 11 is 0. The molecule has 0 bridgehead atoms. The molecule has 160 valence electrons. The fourth-order valence-corrected chi connectivity index (χ4v) is 4.01. The van der Waals surface area contributed by atoms with Crippen LogP contribution in [0, 0.1) is 18.3 Å². The Hall–Kier alpha value is -3.21. The molecule has 0 unspecified atom stereocenters. The van der Waals surface area contributed by atoms with Crippen molar-refractivity contribution in [1.29, 1.82) is 5.26 Å². The molecule has 7 heteroatoms. The molecular weight excluding hydrogens is 390 g/mol. The van der Waals surface area contributed by atoms with E-state index in [1.807, 2.05) is 55.5 Å². The van der Waals surface area contributed by atoms with Crippen molar-refractivity contribution >= 4 is 16.9 Å². The van der Waals surface area contributed by atoms with Gasteiger partial charge in [-0.2, -0.15) is 5.26 Å². The second-order valence-corrected chi connectivity index (χ2v) is 7.69. The second-order valence-electron chi connectivity index (χ2n) is 7.69. The van der Waals surface area contributed by atoms with Crippen molar-refractivity contribution in [3.63, 3.8) is 0 Å². The lowest BCUT2D eigenvalue weighted by Gasteiger charge is -2.30. The molecule has 2 heterocycles. The van der Waals surface area contributed by atoms with E-state index in [0.29, 0.717) is 25.1 Å². The first-order valence-electron chi connectivity index (χ1n) is 10.7. The van der Waals surface area contributed by atoms with Crippen LogP contribution in [0.1, 0.15) is 22.6 Å². The monoisotopic (exact) mass is 417 g/mol. The molecule has 7 nitrogen and oxygen atoms in total. The number of fused-ring (bicyclic) bond motifs is 1. The molecule has 2 aromatic carbocycles. The van der Waals surface area contributed by atoms with Crippen molar-refractivity contribution in [3.05, 3.63) is 59.9 Å². The van der Waals surface area contributed by atoms with E-state index in [2.05, 4.69) is 15.5 Å². The zero-order valence-corrected chi connectivity index (χ0v) is 17.8. The standard InChI is InChI=1S/C24H27N5O2/c1-19-26-22-18-20(8-9-23(22)29(19)21-6-3-2-4-7-21)24(30)28(11-5-10-25)13-12-27-14-16-31-17-15-27/h2-4,6-9,18H,5,11-17H2,1H3. The Morgan fingerprint density at radius 1 is 1.16 bits per heavy atom. The van der Waals surface area contributed by atoms with Crippen molar-refractivity contribution in [1.82, 2.24) is 19.4 Å². The summed E-state index contributed by atoms with van der Waals surface area (Å²) in [5.41, 5.74) is 3.41. The van der Waals surface area contributed by atoms with E-state index in [4.69, 9.17) is 15.0 Å². The van der Waals surface area contributed by atoms with Crippen LogP contribution in [0.3, 0.4) is 0 Å². The highest BCUT2D eigenvalue weighted by atomic mass is 16.5. The maximum atomic E-state index is 13.3. The highest BCUT2D eigenvalue weighted by Gasteiger charge is 2.19. The van der Waals surface area contributed by atoms with Gasteiger partial charge in [-0.3, -0.25) is 14.3 Å². The van der Waals surface area contributed by atoms with Gasteiger partial charge in [-0.25, -0.2) is 4.98 Å². The Bertz CT molecular complexity index is 1080. The van der Waals surface area contributed by atoms with Gasteiger partial charge in [0.2, 0.25) is 0 Å². The molecule has 1 aromatic heterocycles. The number of rotatable bonds is 7. The molecule has 0 radical (unpaired) electrons. The van der Waals surface area contributed by atoms with Gasteiger partial charge in [0, 0.05) is 44.0 Å². The van der Waals surface area contributed by atoms with E-state index in [0.717, 1.165) is 55.4 Å². The van der Waals surface area contributed by atoms with E-state index in [-0.39, 0.29) is 5.91 Å². The minimum absolute atomic E-state index is 0.0580. The molecule has 3 aromatic rings. The lowest BCUT2D eigenvalue weighted by atomic mass is 10.1. The third-order valence-electron chi connectivity index (χ3n) is 5.65. The molecule has 4 rings (SSSR count). The molecule has 1 amide bonds. The molecule has 31 heavy (non-hydrogen) atoms. The summed E-state index contributed by atoms with van der Waals surface area (Å²) in [5, 5.41) is 9.04. The number of para-hydroxylation sites is 1. The normalized spacial score (nSPS) is 14.5. The van der Waals surface area contributed by atoms with Crippen LogP contribution in [-0.2, 0) is 4.74 Å². The predicted octanol–water partition coefficient (Wildman–Crippen LogP) is 3.02. The van der Waals surface area contributed by atoms with Crippen LogP contribution in [0.4, 0.5) is 0 Å². The minimum Gasteiger partial charge on any atom is -0.379 e. The van der Waals surface area contributed by atoms with Crippen molar-refractivity contribution in [3.8, 4) is 11.8 Å². The Morgan fingerprint density at radius 3 is 2.68 bits per heavy atom. The van der Waals surface area contributed by atoms with Crippen LogP contribution in [0.2, 0.25) is 0 Å². The first-order valence-corrected chi connectivity index (χ1v) is 10.7. The summed E-state index contributed by atoms with van der Waals surface area (Å²) in [7, 11) is 0. The Balaban J connectivity index is 1.56. The first-order chi connectivity index (χ1) is 15.2. The average molecular weight is 418 g/mol. The second kappa shape index (κ2) is 9.73. The maximum absolute atomic E-state index is 13.3. The number of morpholine rings is 1. The van der Waals surface area contributed by atoms with Gasteiger partial charge in [-0.05, 0) is 37.3 Å². The number of carbonyl (C=O) groups is 1. The number of hydrogen-bond acceptors (Lipinski definition) is 5.